The van der Waals surface area contributed by atoms with Crippen LogP contribution in [0.1, 0.15) is 18.1 Å². The molecule has 0 aromatic heterocycles. The molecular formula is C27H28F3N3O5S. The third-order valence-electron chi connectivity index (χ3n) is 6.00. The molecule has 3 aromatic rings. The van der Waals surface area contributed by atoms with Crippen molar-refractivity contribution in [3.8, 4) is 5.75 Å². The number of hydrogen-bond acceptors (Lipinski definition) is 5. The lowest BCUT2D eigenvalue weighted by molar-refractivity contribution is -0.139. The summed E-state index contributed by atoms with van der Waals surface area (Å²) in [6.07, 6.45) is -4.74. The lowest BCUT2D eigenvalue weighted by Crippen LogP contribution is -2.50. The van der Waals surface area contributed by atoms with Crippen LogP contribution < -0.4 is 14.4 Å². The SMILES string of the molecule is CNC(=O)[C@H](C)N(Cc1ccc(OC)cc1)C(=O)CN(c1cccc(C(F)(F)F)c1)S(=O)(=O)c1ccccc1. The van der Waals surface area contributed by atoms with Gasteiger partial charge in [0.25, 0.3) is 10.0 Å². The van der Waals surface area contributed by atoms with Crippen molar-refractivity contribution in [2.24, 2.45) is 0 Å². The molecule has 0 spiro atoms. The third kappa shape index (κ3) is 7.08. The summed E-state index contributed by atoms with van der Waals surface area (Å²) >= 11 is 0. The first-order chi connectivity index (χ1) is 18.4. The van der Waals surface area contributed by atoms with E-state index in [1.165, 1.54) is 56.3 Å². The molecule has 3 aromatic carbocycles. The second kappa shape index (κ2) is 12.2. The summed E-state index contributed by atoms with van der Waals surface area (Å²) in [5.74, 6) is -0.729. The van der Waals surface area contributed by atoms with Crippen molar-refractivity contribution in [3.05, 3.63) is 90.0 Å². The van der Waals surface area contributed by atoms with Gasteiger partial charge >= 0.3 is 6.18 Å². The number of ether oxygens (including phenoxy) is 1. The van der Waals surface area contributed by atoms with Crippen LogP contribution in [-0.2, 0) is 32.3 Å². The van der Waals surface area contributed by atoms with Crippen LogP contribution in [0.25, 0.3) is 0 Å². The zero-order valence-corrected chi connectivity index (χ0v) is 22.3. The van der Waals surface area contributed by atoms with Crippen LogP contribution >= 0.6 is 0 Å². The van der Waals surface area contributed by atoms with E-state index in [4.69, 9.17) is 4.74 Å². The number of methoxy groups -OCH3 is 1. The van der Waals surface area contributed by atoms with Crippen molar-refractivity contribution < 1.29 is 35.9 Å². The van der Waals surface area contributed by atoms with E-state index in [0.717, 1.165) is 12.1 Å². The molecule has 208 valence electrons. The maximum atomic E-state index is 13.7. The van der Waals surface area contributed by atoms with Gasteiger partial charge in [0.05, 0.1) is 23.3 Å². The minimum atomic E-state index is -4.74. The Kier molecular flexibility index (Phi) is 9.23. The minimum Gasteiger partial charge on any atom is -0.497 e. The standard InChI is InChI=1S/C27H28F3N3O5S/c1-19(26(35)31-2)32(17-20-12-14-23(38-3)15-13-20)25(34)18-33(39(36,37)24-10-5-4-6-11-24)22-9-7-8-21(16-22)27(28,29)30/h4-16,19H,17-18H2,1-3H3,(H,31,35)/t19-/m0/s1. The fourth-order valence-corrected chi connectivity index (χ4v) is 5.23. The highest BCUT2D eigenvalue weighted by Crippen LogP contribution is 2.33. The first-order valence-electron chi connectivity index (χ1n) is 11.8. The van der Waals surface area contributed by atoms with Crippen molar-refractivity contribution in [2.75, 3.05) is 25.0 Å². The van der Waals surface area contributed by atoms with Gasteiger partial charge in [0.1, 0.15) is 18.3 Å². The fourth-order valence-electron chi connectivity index (χ4n) is 3.80. The van der Waals surface area contributed by atoms with Crippen LogP contribution in [0.4, 0.5) is 18.9 Å². The highest BCUT2D eigenvalue weighted by Gasteiger charge is 2.35. The normalized spacial score (nSPS) is 12.4. The second-order valence-corrected chi connectivity index (χ2v) is 10.4. The van der Waals surface area contributed by atoms with Crippen molar-refractivity contribution >= 4 is 27.5 Å². The van der Waals surface area contributed by atoms with Gasteiger partial charge in [0, 0.05) is 13.6 Å². The quantitative estimate of drug-likeness (QED) is 0.401. The highest BCUT2D eigenvalue weighted by molar-refractivity contribution is 7.92. The topological polar surface area (TPSA) is 96.0 Å². The van der Waals surface area contributed by atoms with Gasteiger partial charge in [-0.3, -0.25) is 13.9 Å². The predicted octanol–water partition coefficient (Wildman–Crippen LogP) is 4.07. The van der Waals surface area contributed by atoms with Gasteiger partial charge in [-0.2, -0.15) is 13.2 Å². The van der Waals surface area contributed by atoms with Crippen LogP contribution in [0.3, 0.4) is 0 Å². The number of alkyl halides is 3. The Balaban J connectivity index is 2.06. The van der Waals surface area contributed by atoms with Gasteiger partial charge in [-0.1, -0.05) is 36.4 Å². The molecule has 0 aliphatic carbocycles. The lowest BCUT2D eigenvalue weighted by Gasteiger charge is -2.32. The number of rotatable bonds is 10. The van der Waals surface area contributed by atoms with Gasteiger partial charge in [0.2, 0.25) is 11.8 Å². The summed E-state index contributed by atoms with van der Waals surface area (Å²) in [5.41, 5.74) is -0.801. The average Bonchev–Trinajstić information content (AvgIpc) is 2.94. The third-order valence-corrected chi connectivity index (χ3v) is 7.79. The number of hydrogen-bond donors (Lipinski definition) is 1. The molecule has 0 saturated heterocycles. The average molecular weight is 564 g/mol. The minimum absolute atomic E-state index is 0.0702. The molecule has 12 heteroatoms. The Hall–Kier alpha value is -4.06. The van der Waals surface area contributed by atoms with Gasteiger partial charge < -0.3 is 15.0 Å². The molecule has 0 unspecified atom stereocenters. The van der Waals surface area contributed by atoms with E-state index in [0.29, 0.717) is 21.7 Å². The van der Waals surface area contributed by atoms with E-state index >= 15 is 0 Å². The number of likely N-dealkylation sites (N-methyl/N-ethyl adjacent to an activating group) is 1. The molecule has 39 heavy (non-hydrogen) atoms. The van der Waals surface area contributed by atoms with E-state index in [1.54, 1.807) is 30.3 Å². The Morgan fingerprint density at radius 2 is 1.62 bits per heavy atom. The van der Waals surface area contributed by atoms with Crippen LogP contribution in [-0.4, -0.2) is 51.9 Å². The number of sulfonamides is 1. The Bertz CT molecular complexity index is 1400. The van der Waals surface area contributed by atoms with E-state index in [-0.39, 0.29) is 17.1 Å². The van der Waals surface area contributed by atoms with Crippen LogP contribution in [0, 0.1) is 0 Å². The van der Waals surface area contributed by atoms with Crippen molar-refractivity contribution in [2.45, 2.75) is 30.6 Å². The number of anilines is 1. The lowest BCUT2D eigenvalue weighted by atomic mass is 10.1. The molecule has 0 radical (unpaired) electrons. The molecular weight excluding hydrogens is 535 g/mol. The largest absolute Gasteiger partial charge is 0.497 e. The Labute approximate surface area is 225 Å². The number of nitrogens with zero attached hydrogens (tertiary/aromatic N) is 2. The number of benzene rings is 3. The first kappa shape index (κ1) is 29.5. The monoisotopic (exact) mass is 563 g/mol. The molecule has 0 bridgehead atoms. The smallest absolute Gasteiger partial charge is 0.416 e. The highest BCUT2D eigenvalue weighted by atomic mass is 32.2. The zero-order valence-electron chi connectivity index (χ0n) is 21.5. The van der Waals surface area contributed by atoms with E-state index in [9.17, 15) is 31.2 Å². The summed E-state index contributed by atoms with van der Waals surface area (Å²) in [7, 11) is -1.59. The van der Waals surface area contributed by atoms with E-state index in [1.807, 2.05) is 0 Å². The van der Waals surface area contributed by atoms with Gasteiger partial charge in [0.15, 0.2) is 0 Å². The molecule has 3 rings (SSSR count). The number of nitrogens with one attached hydrogen (secondary N) is 1. The molecule has 0 saturated carbocycles. The van der Waals surface area contributed by atoms with Gasteiger partial charge in [-0.15, -0.1) is 0 Å². The number of amides is 2. The van der Waals surface area contributed by atoms with E-state index in [2.05, 4.69) is 5.32 Å². The maximum Gasteiger partial charge on any atom is 0.416 e. The summed E-state index contributed by atoms with van der Waals surface area (Å²) in [5, 5.41) is 2.46. The van der Waals surface area contributed by atoms with Crippen molar-refractivity contribution in [3.63, 3.8) is 0 Å². The Morgan fingerprint density at radius 3 is 2.18 bits per heavy atom. The second-order valence-electron chi connectivity index (χ2n) is 8.53. The molecule has 1 N–H and O–H groups in total. The summed E-state index contributed by atoms with van der Waals surface area (Å²) < 4.78 is 73.4. The molecule has 2 amide bonds. The summed E-state index contributed by atoms with van der Waals surface area (Å²) in [4.78, 5) is 27.1. The molecule has 0 fully saturated rings. The maximum absolute atomic E-state index is 13.7. The van der Waals surface area contributed by atoms with Gasteiger partial charge in [-0.05, 0) is 55.0 Å². The van der Waals surface area contributed by atoms with Crippen LogP contribution in [0.2, 0.25) is 0 Å². The molecule has 0 heterocycles. The first-order valence-corrected chi connectivity index (χ1v) is 13.2. The van der Waals surface area contributed by atoms with Crippen molar-refractivity contribution in [1.29, 1.82) is 0 Å². The van der Waals surface area contributed by atoms with Crippen LogP contribution in [0.5, 0.6) is 5.75 Å². The van der Waals surface area contributed by atoms with Crippen molar-refractivity contribution in [1.82, 2.24) is 10.2 Å². The number of carbonyl (C=O) groups is 2. The number of halogens is 3. The summed E-state index contributed by atoms with van der Waals surface area (Å²) in [6.45, 7) is 0.551. The fraction of sp³-hybridized carbons (Fsp3) is 0.259. The molecule has 0 aliphatic rings. The Morgan fingerprint density at radius 1 is 0.974 bits per heavy atom. The van der Waals surface area contributed by atoms with E-state index < -0.39 is 46.2 Å². The van der Waals surface area contributed by atoms with Crippen LogP contribution in [0.15, 0.2) is 83.8 Å². The van der Waals surface area contributed by atoms with Gasteiger partial charge in [-0.25, -0.2) is 8.42 Å². The molecule has 0 aliphatic heterocycles. The molecule has 8 nitrogen and oxygen atoms in total. The molecule has 1 atom stereocenters. The summed E-state index contributed by atoms with van der Waals surface area (Å²) in [6, 6.07) is 16.5. The zero-order chi connectivity index (χ0) is 28.8. The predicted molar refractivity (Wildman–Crippen MR) is 139 cm³/mol. The number of carbonyl (C=O) groups excluding carboxylic acids is 2.